The van der Waals surface area contributed by atoms with Crippen LogP contribution in [0.25, 0.3) is 55.3 Å². The van der Waals surface area contributed by atoms with E-state index in [4.69, 9.17) is 21.6 Å². The maximum absolute atomic E-state index is 12.4. The molecule has 0 aliphatic rings. The third-order valence-corrected chi connectivity index (χ3v) is 7.14. The van der Waals surface area contributed by atoms with Crippen molar-refractivity contribution >= 4 is 56.6 Å². The predicted octanol–water partition coefficient (Wildman–Crippen LogP) is 6.71. The van der Waals surface area contributed by atoms with Crippen LogP contribution < -0.4 is 5.32 Å². The first-order valence-electron chi connectivity index (χ1n) is 11.9. The lowest BCUT2D eigenvalue weighted by Crippen LogP contribution is -2.19. The van der Waals surface area contributed by atoms with Crippen LogP contribution in [0.2, 0.25) is 4.34 Å². The Morgan fingerprint density at radius 3 is 2.63 bits per heavy atom. The molecule has 0 saturated carbocycles. The van der Waals surface area contributed by atoms with Gasteiger partial charge in [0.2, 0.25) is 5.91 Å². The second kappa shape index (κ2) is 9.30. The van der Waals surface area contributed by atoms with Crippen molar-refractivity contribution in [3.63, 3.8) is 0 Å². The van der Waals surface area contributed by atoms with Crippen LogP contribution in [0.15, 0.2) is 55.1 Å². The van der Waals surface area contributed by atoms with Crippen molar-refractivity contribution in [1.29, 1.82) is 0 Å². The Kier molecular flexibility index (Phi) is 5.93. The minimum absolute atomic E-state index is 0.0550. The molecule has 0 saturated heterocycles. The number of fused-ring (bicyclic) bond motifs is 2. The highest BCUT2D eigenvalue weighted by atomic mass is 35.5. The number of aromatic amines is 2. The fraction of sp³-hybridized carbons (Fsp3) is 0.185. The van der Waals surface area contributed by atoms with Gasteiger partial charge in [0.05, 0.1) is 39.1 Å². The van der Waals surface area contributed by atoms with Gasteiger partial charge in [0, 0.05) is 34.8 Å². The maximum atomic E-state index is 12.4. The van der Waals surface area contributed by atoms with Crippen LogP contribution in [0.4, 0.5) is 5.69 Å². The summed E-state index contributed by atoms with van der Waals surface area (Å²) in [6.45, 7) is 6.08. The number of H-pyrrole nitrogens is 2. The fourth-order valence-electron chi connectivity index (χ4n) is 4.24. The summed E-state index contributed by atoms with van der Waals surface area (Å²) < 4.78 is 0.704. The molecular formula is C27H23ClN8OS. The molecular weight excluding hydrogens is 520 g/mol. The summed E-state index contributed by atoms with van der Waals surface area (Å²) in [7, 11) is 0. The molecule has 0 unspecified atom stereocenters. The Balaban J connectivity index is 1.36. The number of nitrogens with one attached hydrogen (secondary N) is 3. The van der Waals surface area contributed by atoms with E-state index in [0.717, 1.165) is 32.6 Å². The van der Waals surface area contributed by atoms with E-state index in [1.807, 2.05) is 51.1 Å². The largest absolute Gasteiger partial charge is 0.335 e. The SMILES string of the molecule is CC(C)(C)CC(=O)Nc1cncc(-c2ccc3[nH]nc(-c4nc5c(-c6ccc(Cl)s6)cncc5[nH]4)c3n2)c1. The number of amides is 1. The number of anilines is 1. The Morgan fingerprint density at radius 1 is 1.00 bits per heavy atom. The van der Waals surface area contributed by atoms with Crippen molar-refractivity contribution in [3.05, 3.63) is 59.5 Å². The van der Waals surface area contributed by atoms with Crippen LogP contribution in [0.5, 0.6) is 0 Å². The zero-order valence-electron chi connectivity index (χ0n) is 20.8. The van der Waals surface area contributed by atoms with Gasteiger partial charge in [-0.05, 0) is 35.7 Å². The summed E-state index contributed by atoms with van der Waals surface area (Å²) in [6, 6.07) is 9.50. The van der Waals surface area contributed by atoms with Gasteiger partial charge in [-0.3, -0.25) is 19.9 Å². The second-order valence-corrected chi connectivity index (χ2v) is 11.9. The van der Waals surface area contributed by atoms with Crippen LogP contribution >= 0.6 is 22.9 Å². The third kappa shape index (κ3) is 4.75. The number of halogens is 1. The molecule has 0 fully saturated rings. The summed E-state index contributed by atoms with van der Waals surface area (Å²) in [5, 5.41) is 10.5. The van der Waals surface area contributed by atoms with Crippen LogP contribution in [-0.4, -0.2) is 41.0 Å². The van der Waals surface area contributed by atoms with E-state index < -0.39 is 0 Å². The maximum Gasteiger partial charge on any atom is 0.224 e. The van der Waals surface area contributed by atoms with E-state index in [-0.39, 0.29) is 11.3 Å². The molecule has 0 bridgehead atoms. The van der Waals surface area contributed by atoms with Crippen molar-refractivity contribution in [3.8, 4) is 33.2 Å². The minimum atomic E-state index is -0.107. The lowest BCUT2D eigenvalue weighted by Gasteiger charge is -2.17. The molecule has 0 aliphatic heterocycles. The Labute approximate surface area is 226 Å². The number of carbonyl (C=O) groups excluding carboxylic acids is 1. The molecule has 9 nitrogen and oxygen atoms in total. The first-order chi connectivity index (χ1) is 18.2. The van der Waals surface area contributed by atoms with Gasteiger partial charge in [0.1, 0.15) is 11.0 Å². The van der Waals surface area contributed by atoms with E-state index in [1.165, 1.54) is 11.3 Å². The molecule has 11 heteroatoms. The van der Waals surface area contributed by atoms with Gasteiger partial charge in [0.15, 0.2) is 11.5 Å². The van der Waals surface area contributed by atoms with E-state index >= 15 is 0 Å². The lowest BCUT2D eigenvalue weighted by atomic mass is 9.92. The van der Waals surface area contributed by atoms with Crippen LogP contribution in [0.1, 0.15) is 27.2 Å². The van der Waals surface area contributed by atoms with E-state index in [0.29, 0.717) is 39.2 Å². The number of pyridine rings is 3. The molecule has 6 heterocycles. The molecule has 0 atom stereocenters. The molecule has 6 rings (SSSR count). The highest BCUT2D eigenvalue weighted by Gasteiger charge is 2.19. The number of thiophene rings is 1. The monoisotopic (exact) mass is 542 g/mol. The van der Waals surface area contributed by atoms with Gasteiger partial charge >= 0.3 is 0 Å². The molecule has 38 heavy (non-hydrogen) atoms. The number of imidazole rings is 1. The molecule has 0 aliphatic carbocycles. The number of hydrogen-bond donors (Lipinski definition) is 3. The predicted molar refractivity (Wildman–Crippen MR) is 151 cm³/mol. The third-order valence-electron chi connectivity index (χ3n) is 5.87. The van der Waals surface area contributed by atoms with Gasteiger partial charge < -0.3 is 10.3 Å². The zero-order valence-corrected chi connectivity index (χ0v) is 22.4. The number of carbonyl (C=O) groups is 1. The average molecular weight is 543 g/mol. The summed E-state index contributed by atoms with van der Waals surface area (Å²) in [6.07, 6.45) is 7.29. The second-order valence-electron chi connectivity index (χ2n) is 10.2. The molecule has 0 spiro atoms. The lowest BCUT2D eigenvalue weighted by molar-refractivity contribution is -0.117. The zero-order chi connectivity index (χ0) is 26.4. The Bertz CT molecular complexity index is 1810. The normalized spacial score (nSPS) is 11.9. The first-order valence-corrected chi connectivity index (χ1v) is 13.1. The van der Waals surface area contributed by atoms with Gasteiger partial charge in [-0.1, -0.05) is 32.4 Å². The fourth-order valence-corrected chi connectivity index (χ4v) is 5.30. The van der Waals surface area contributed by atoms with Gasteiger partial charge in [0.25, 0.3) is 0 Å². The van der Waals surface area contributed by atoms with Gasteiger partial charge in [-0.15, -0.1) is 11.3 Å². The van der Waals surface area contributed by atoms with Crippen molar-refractivity contribution in [2.75, 3.05) is 5.32 Å². The molecule has 190 valence electrons. The van der Waals surface area contributed by atoms with Gasteiger partial charge in [-0.25, -0.2) is 9.97 Å². The molecule has 1 amide bonds. The van der Waals surface area contributed by atoms with Crippen molar-refractivity contribution in [2.24, 2.45) is 5.41 Å². The summed E-state index contributed by atoms with van der Waals surface area (Å²) in [5.74, 6) is 0.523. The Hall–Kier alpha value is -4.15. The van der Waals surface area contributed by atoms with Gasteiger partial charge in [-0.2, -0.15) is 5.10 Å². The quantitative estimate of drug-likeness (QED) is 0.222. The smallest absolute Gasteiger partial charge is 0.224 e. The Morgan fingerprint density at radius 2 is 1.84 bits per heavy atom. The summed E-state index contributed by atoms with van der Waals surface area (Å²) in [5.41, 5.74) is 6.49. The number of rotatable bonds is 5. The molecule has 0 radical (unpaired) electrons. The number of nitrogens with zero attached hydrogens (tertiary/aromatic N) is 5. The van der Waals surface area contributed by atoms with Crippen molar-refractivity contribution < 1.29 is 4.79 Å². The first kappa shape index (κ1) is 24.2. The van der Waals surface area contributed by atoms with Crippen LogP contribution in [0.3, 0.4) is 0 Å². The number of hydrogen-bond acceptors (Lipinski definition) is 7. The van der Waals surface area contributed by atoms with Crippen LogP contribution in [0, 0.1) is 5.41 Å². The van der Waals surface area contributed by atoms with E-state index in [1.54, 1.807) is 24.8 Å². The summed E-state index contributed by atoms with van der Waals surface area (Å²) >= 11 is 7.64. The standard InChI is InChI=1S/C27H23ClN8OS/c1-27(2,3)9-22(37)31-15-8-14(10-29-11-15)17-4-5-18-24(32-17)25(36-35-18)26-33-19-13-30-12-16(23(19)34-26)20-6-7-21(28)38-20/h4-8,10-13H,9H2,1-3H3,(H,31,37)(H,33,34)(H,35,36). The summed E-state index contributed by atoms with van der Waals surface area (Å²) in [4.78, 5) is 35.2. The van der Waals surface area contributed by atoms with Crippen molar-refractivity contribution in [1.82, 2.24) is 35.1 Å². The molecule has 3 N–H and O–H groups in total. The highest BCUT2D eigenvalue weighted by molar-refractivity contribution is 7.19. The van der Waals surface area contributed by atoms with E-state index in [2.05, 4.69) is 30.5 Å². The highest BCUT2D eigenvalue weighted by Crippen LogP contribution is 2.36. The average Bonchev–Trinajstić information content (AvgIpc) is 3.60. The minimum Gasteiger partial charge on any atom is -0.335 e. The van der Waals surface area contributed by atoms with Crippen molar-refractivity contribution in [2.45, 2.75) is 27.2 Å². The molecule has 6 aromatic rings. The van der Waals surface area contributed by atoms with E-state index in [9.17, 15) is 4.79 Å². The topological polar surface area (TPSA) is 125 Å². The number of aromatic nitrogens is 7. The molecule has 0 aromatic carbocycles. The molecule has 6 aromatic heterocycles. The van der Waals surface area contributed by atoms with Crippen LogP contribution in [-0.2, 0) is 4.79 Å².